The SMILES string of the molecule is CCCc1nc(NCC)cc(NC(C)(C)C(C)(C)O)n1. The predicted molar refractivity (Wildman–Crippen MR) is 84.2 cm³/mol. The van der Waals surface area contributed by atoms with Crippen LogP contribution in [0.15, 0.2) is 6.07 Å². The van der Waals surface area contributed by atoms with Crippen LogP contribution in [-0.2, 0) is 6.42 Å². The minimum Gasteiger partial charge on any atom is -0.388 e. The summed E-state index contributed by atoms with van der Waals surface area (Å²) in [5, 5.41) is 16.8. The Balaban J connectivity index is 3.04. The lowest BCUT2D eigenvalue weighted by Crippen LogP contribution is -2.51. The van der Waals surface area contributed by atoms with Crippen LogP contribution in [0.25, 0.3) is 0 Å². The van der Waals surface area contributed by atoms with Gasteiger partial charge in [0.25, 0.3) is 0 Å². The zero-order chi connectivity index (χ0) is 15.4. The second-order valence-corrected chi connectivity index (χ2v) is 6.14. The van der Waals surface area contributed by atoms with Gasteiger partial charge in [-0.2, -0.15) is 0 Å². The molecule has 5 nitrogen and oxygen atoms in total. The van der Waals surface area contributed by atoms with Crippen LogP contribution in [-0.4, -0.2) is 32.8 Å². The van der Waals surface area contributed by atoms with E-state index in [1.54, 1.807) is 13.8 Å². The Morgan fingerprint density at radius 2 is 1.70 bits per heavy atom. The summed E-state index contributed by atoms with van der Waals surface area (Å²) in [4.78, 5) is 9.01. The van der Waals surface area contributed by atoms with E-state index < -0.39 is 11.1 Å². The number of hydrogen-bond donors (Lipinski definition) is 3. The molecule has 0 aliphatic carbocycles. The Hall–Kier alpha value is -1.36. The molecule has 1 aromatic heterocycles. The molecule has 1 heterocycles. The first-order valence-corrected chi connectivity index (χ1v) is 7.32. The van der Waals surface area contributed by atoms with E-state index in [-0.39, 0.29) is 0 Å². The fourth-order valence-corrected chi connectivity index (χ4v) is 1.64. The van der Waals surface area contributed by atoms with Crippen molar-refractivity contribution < 1.29 is 5.11 Å². The molecular formula is C15H28N4O. The average molecular weight is 280 g/mol. The van der Waals surface area contributed by atoms with Gasteiger partial charge >= 0.3 is 0 Å². The highest BCUT2D eigenvalue weighted by molar-refractivity contribution is 5.49. The van der Waals surface area contributed by atoms with E-state index in [0.717, 1.165) is 36.8 Å². The van der Waals surface area contributed by atoms with Crippen LogP contribution in [0.4, 0.5) is 11.6 Å². The molecule has 0 amide bonds. The van der Waals surface area contributed by atoms with Gasteiger partial charge in [0.05, 0.1) is 11.1 Å². The van der Waals surface area contributed by atoms with Gasteiger partial charge in [-0.25, -0.2) is 9.97 Å². The van der Waals surface area contributed by atoms with E-state index in [9.17, 15) is 5.11 Å². The maximum Gasteiger partial charge on any atom is 0.133 e. The number of aryl methyl sites for hydroxylation is 1. The third-order valence-corrected chi connectivity index (χ3v) is 3.57. The highest BCUT2D eigenvalue weighted by Gasteiger charge is 2.35. The highest BCUT2D eigenvalue weighted by Crippen LogP contribution is 2.26. The molecule has 0 saturated heterocycles. The number of nitrogens with zero attached hydrogens (tertiary/aromatic N) is 2. The Morgan fingerprint density at radius 1 is 1.10 bits per heavy atom. The lowest BCUT2D eigenvalue weighted by Gasteiger charge is -2.38. The van der Waals surface area contributed by atoms with E-state index in [2.05, 4.69) is 27.5 Å². The summed E-state index contributed by atoms with van der Waals surface area (Å²) in [5.41, 5.74) is -1.35. The number of hydrogen-bond acceptors (Lipinski definition) is 5. The van der Waals surface area contributed by atoms with Gasteiger partial charge in [0.2, 0.25) is 0 Å². The van der Waals surface area contributed by atoms with Crippen LogP contribution >= 0.6 is 0 Å². The summed E-state index contributed by atoms with van der Waals surface area (Å²) in [6, 6.07) is 1.89. The molecule has 0 radical (unpaired) electrons. The van der Waals surface area contributed by atoms with Crippen molar-refractivity contribution in [1.82, 2.24) is 9.97 Å². The summed E-state index contributed by atoms with van der Waals surface area (Å²) < 4.78 is 0. The van der Waals surface area contributed by atoms with Gasteiger partial charge < -0.3 is 15.7 Å². The van der Waals surface area contributed by atoms with Gasteiger partial charge in [-0.15, -0.1) is 0 Å². The molecule has 0 fully saturated rings. The molecule has 0 atom stereocenters. The second kappa shape index (κ2) is 6.39. The molecule has 0 aliphatic rings. The Kier molecular flexibility index (Phi) is 5.34. The van der Waals surface area contributed by atoms with E-state index in [0.29, 0.717) is 0 Å². The van der Waals surface area contributed by atoms with Gasteiger partial charge in [0, 0.05) is 19.0 Å². The number of nitrogens with one attached hydrogen (secondary N) is 2. The molecule has 0 aromatic carbocycles. The standard InChI is InChI=1S/C15H28N4O/c1-7-9-11-17-12(16-8-2)10-13(18-11)19-14(3,4)15(5,6)20/h10,20H,7-9H2,1-6H3,(H2,16,17,18,19). The molecule has 114 valence electrons. The topological polar surface area (TPSA) is 70.1 Å². The monoisotopic (exact) mass is 280 g/mol. The average Bonchev–Trinajstić information content (AvgIpc) is 2.27. The van der Waals surface area contributed by atoms with E-state index >= 15 is 0 Å². The molecular weight excluding hydrogens is 252 g/mol. The molecule has 3 N–H and O–H groups in total. The van der Waals surface area contributed by atoms with E-state index in [1.807, 2.05) is 26.8 Å². The maximum absolute atomic E-state index is 10.2. The number of aromatic nitrogens is 2. The lowest BCUT2D eigenvalue weighted by atomic mass is 9.86. The Bertz CT molecular complexity index is 414. The molecule has 0 spiro atoms. The van der Waals surface area contributed by atoms with Crippen molar-refractivity contribution in [3.05, 3.63) is 11.9 Å². The van der Waals surface area contributed by atoms with Crippen LogP contribution in [0.5, 0.6) is 0 Å². The minimum absolute atomic E-state index is 0.492. The van der Waals surface area contributed by atoms with E-state index in [4.69, 9.17) is 0 Å². The first-order chi connectivity index (χ1) is 9.19. The van der Waals surface area contributed by atoms with Crippen molar-refractivity contribution in [3.8, 4) is 0 Å². The number of aliphatic hydroxyl groups is 1. The summed E-state index contributed by atoms with van der Waals surface area (Å²) in [5.74, 6) is 2.38. The van der Waals surface area contributed by atoms with Crippen molar-refractivity contribution >= 4 is 11.6 Å². The maximum atomic E-state index is 10.2. The fraction of sp³-hybridized carbons (Fsp3) is 0.733. The smallest absolute Gasteiger partial charge is 0.133 e. The van der Waals surface area contributed by atoms with Crippen LogP contribution in [0.2, 0.25) is 0 Å². The van der Waals surface area contributed by atoms with Crippen molar-refractivity contribution in [1.29, 1.82) is 0 Å². The third-order valence-electron chi connectivity index (χ3n) is 3.57. The zero-order valence-corrected chi connectivity index (χ0v) is 13.5. The second-order valence-electron chi connectivity index (χ2n) is 6.14. The van der Waals surface area contributed by atoms with Gasteiger partial charge in [-0.1, -0.05) is 6.92 Å². The third kappa shape index (κ3) is 4.34. The summed E-state index contributed by atoms with van der Waals surface area (Å²) in [7, 11) is 0. The predicted octanol–water partition coefficient (Wildman–Crippen LogP) is 2.82. The molecule has 0 aliphatic heterocycles. The normalized spacial score (nSPS) is 12.3. The Morgan fingerprint density at radius 3 is 2.20 bits per heavy atom. The number of rotatable bonds is 7. The molecule has 0 bridgehead atoms. The van der Waals surface area contributed by atoms with Crippen LogP contribution < -0.4 is 10.6 Å². The first-order valence-electron chi connectivity index (χ1n) is 7.32. The molecule has 0 unspecified atom stereocenters. The minimum atomic E-state index is -0.860. The molecule has 5 heteroatoms. The molecule has 1 aromatic rings. The Labute approximate surface area is 122 Å². The van der Waals surface area contributed by atoms with Crippen molar-refractivity contribution in [2.75, 3.05) is 17.2 Å². The van der Waals surface area contributed by atoms with Crippen molar-refractivity contribution in [2.45, 2.75) is 65.5 Å². The summed E-state index contributed by atoms with van der Waals surface area (Å²) in [6.45, 7) is 12.5. The van der Waals surface area contributed by atoms with Crippen molar-refractivity contribution in [2.24, 2.45) is 0 Å². The lowest BCUT2D eigenvalue weighted by molar-refractivity contribution is 0.0238. The zero-order valence-electron chi connectivity index (χ0n) is 13.5. The molecule has 0 saturated carbocycles. The first kappa shape index (κ1) is 16.7. The highest BCUT2D eigenvalue weighted by atomic mass is 16.3. The van der Waals surface area contributed by atoms with Gasteiger partial charge in [0.15, 0.2) is 0 Å². The van der Waals surface area contributed by atoms with Gasteiger partial charge in [-0.05, 0) is 41.0 Å². The van der Waals surface area contributed by atoms with Crippen LogP contribution in [0, 0.1) is 0 Å². The van der Waals surface area contributed by atoms with Crippen LogP contribution in [0.3, 0.4) is 0 Å². The van der Waals surface area contributed by atoms with Crippen molar-refractivity contribution in [3.63, 3.8) is 0 Å². The summed E-state index contributed by atoms with van der Waals surface area (Å²) in [6.07, 6.45) is 1.85. The van der Waals surface area contributed by atoms with Crippen LogP contribution in [0.1, 0.15) is 53.8 Å². The largest absolute Gasteiger partial charge is 0.388 e. The molecule has 20 heavy (non-hydrogen) atoms. The molecule has 1 rings (SSSR count). The summed E-state index contributed by atoms with van der Waals surface area (Å²) >= 11 is 0. The van der Waals surface area contributed by atoms with E-state index in [1.165, 1.54) is 0 Å². The van der Waals surface area contributed by atoms with Gasteiger partial charge in [0.1, 0.15) is 17.5 Å². The number of anilines is 2. The fourth-order valence-electron chi connectivity index (χ4n) is 1.64. The quantitative estimate of drug-likeness (QED) is 0.716. The van der Waals surface area contributed by atoms with Gasteiger partial charge in [-0.3, -0.25) is 0 Å².